The zero-order valence-electron chi connectivity index (χ0n) is 15.9. The van der Waals surface area contributed by atoms with Crippen LogP contribution in [0.3, 0.4) is 0 Å². The zero-order valence-corrected chi connectivity index (χ0v) is 15.9. The van der Waals surface area contributed by atoms with Crippen molar-refractivity contribution in [3.8, 4) is 5.75 Å². The smallest absolute Gasteiger partial charge is 0.416 e. The van der Waals surface area contributed by atoms with E-state index in [1.807, 2.05) is 30.9 Å². The lowest BCUT2D eigenvalue weighted by molar-refractivity contribution is -0.137. The first-order valence-electron chi connectivity index (χ1n) is 9.21. The number of carbonyl (C=O) groups excluding carboxylic acids is 1. The largest absolute Gasteiger partial charge is 0.483 e. The molecule has 2 aromatic carbocycles. The fraction of sp³-hybridized carbons (Fsp3) is 0.381. The molecule has 7 heteroatoms. The normalized spacial score (nSPS) is 14.2. The number of ether oxygens (including phenoxy) is 1. The van der Waals surface area contributed by atoms with Crippen molar-refractivity contribution in [2.24, 2.45) is 0 Å². The first kappa shape index (κ1) is 20.0. The predicted molar refractivity (Wildman–Crippen MR) is 103 cm³/mol. The van der Waals surface area contributed by atoms with Gasteiger partial charge < -0.3 is 15.0 Å². The van der Waals surface area contributed by atoms with Crippen molar-refractivity contribution in [3.05, 3.63) is 53.1 Å². The molecule has 2 aromatic rings. The maximum Gasteiger partial charge on any atom is 0.416 e. The Balaban J connectivity index is 1.77. The fourth-order valence-corrected chi connectivity index (χ4v) is 3.26. The Morgan fingerprint density at radius 2 is 1.86 bits per heavy atom. The Kier molecular flexibility index (Phi) is 5.82. The fourth-order valence-electron chi connectivity index (χ4n) is 3.26. The molecule has 0 saturated carbocycles. The molecule has 0 atom stereocenters. The molecule has 0 bridgehead atoms. The van der Waals surface area contributed by atoms with Crippen molar-refractivity contribution in [1.29, 1.82) is 0 Å². The zero-order chi connectivity index (χ0) is 20.3. The topological polar surface area (TPSA) is 41.6 Å². The first-order valence-corrected chi connectivity index (χ1v) is 9.21. The summed E-state index contributed by atoms with van der Waals surface area (Å²) in [5, 5.41) is 2.60. The molecular formula is C21H23F3N2O2. The van der Waals surface area contributed by atoms with E-state index in [9.17, 15) is 18.0 Å². The van der Waals surface area contributed by atoms with Crippen LogP contribution >= 0.6 is 0 Å². The highest BCUT2D eigenvalue weighted by Gasteiger charge is 2.32. The number of alkyl halides is 3. The van der Waals surface area contributed by atoms with Crippen LogP contribution in [0.4, 0.5) is 24.5 Å². The summed E-state index contributed by atoms with van der Waals surface area (Å²) in [6.07, 6.45) is -2.52. The highest BCUT2D eigenvalue weighted by Crippen LogP contribution is 2.36. The maximum atomic E-state index is 13.1. The molecule has 0 radical (unpaired) electrons. The van der Waals surface area contributed by atoms with Crippen LogP contribution in [-0.2, 0) is 11.0 Å². The van der Waals surface area contributed by atoms with Crippen molar-refractivity contribution in [1.82, 2.24) is 0 Å². The first-order chi connectivity index (χ1) is 13.3. The van der Waals surface area contributed by atoms with Gasteiger partial charge in [-0.1, -0.05) is 12.1 Å². The number of halogens is 3. The Morgan fingerprint density at radius 3 is 2.54 bits per heavy atom. The Labute approximate surface area is 162 Å². The second-order valence-corrected chi connectivity index (χ2v) is 6.96. The van der Waals surface area contributed by atoms with E-state index >= 15 is 0 Å². The predicted octanol–water partition coefficient (Wildman–Crippen LogP) is 4.94. The number of benzene rings is 2. The van der Waals surface area contributed by atoms with Gasteiger partial charge in [0.1, 0.15) is 5.75 Å². The van der Waals surface area contributed by atoms with Crippen molar-refractivity contribution in [2.75, 3.05) is 29.9 Å². The molecule has 3 rings (SSSR count). The second kappa shape index (κ2) is 8.12. The van der Waals surface area contributed by atoms with E-state index in [0.717, 1.165) is 49.2 Å². The molecule has 0 unspecified atom stereocenters. The molecule has 4 nitrogen and oxygen atoms in total. The van der Waals surface area contributed by atoms with Crippen molar-refractivity contribution < 1.29 is 22.7 Å². The summed E-state index contributed by atoms with van der Waals surface area (Å²) in [7, 11) is 0. The van der Waals surface area contributed by atoms with Gasteiger partial charge in [0.25, 0.3) is 5.91 Å². The van der Waals surface area contributed by atoms with Crippen LogP contribution in [0.25, 0.3) is 0 Å². The van der Waals surface area contributed by atoms with Crippen molar-refractivity contribution in [3.63, 3.8) is 0 Å². The van der Waals surface area contributed by atoms with Gasteiger partial charge in [-0.3, -0.25) is 4.79 Å². The molecule has 1 saturated heterocycles. The van der Waals surface area contributed by atoms with Gasteiger partial charge in [-0.05, 0) is 62.1 Å². The number of hydrogen-bond donors (Lipinski definition) is 1. The maximum absolute atomic E-state index is 13.1. The third kappa shape index (κ3) is 4.58. The van der Waals surface area contributed by atoms with E-state index in [4.69, 9.17) is 4.74 Å². The van der Waals surface area contributed by atoms with Crippen LogP contribution in [0.2, 0.25) is 0 Å². The second-order valence-electron chi connectivity index (χ2n) is 6.96. The summed E-state index contributed by atoms with van der Waals surface area (Å²) < 4.78 is 44.9. The number of carbonyl (C=O) groups is 1. The number of hydrogen-bond acceptors (Lipinski definition) is 3. The molecule has 150 valence electrons. The lowest BCUT2D eigenvalue weighted by atomic mass is 10.1. The van der Waals surface area contributed by atoms with E-state index < -0.39 is 17.6 Å². The molecule has 1 heterocycles. The Hall–Kier alpha value is -2.70. The van der Waals surface area contributed by atoms with Crippen LogP contribution in [0.15, 0.2) is 36.4 Å². The van der Waals surface area contributed by atoms with Gasteiger partial charge in [0.05, 0.1) is 16.9 Å². The van der Waals surface area contributed by atoms with Crippen molar-refractivity contribution in [2.45, 2.75) is 32.9 Å². The number of anilines is 2. The minimum Gasteiger partial charge on any atom is -0.483 e. The summed E-state index contributed by atoms with van der Waals surface area (Å²) in [6.45, 7) is 5.06. The summed E-state index contributed by atoms with van der Waals surface area (Å²) in [4.78, 5) is 14.4. The molecular weight excluding hydrogens is 369 g/mol. The van der Waals surface area contributed by atoms with E-state index in [-0.39, 0.29) is 12.3 Å². The SMILES string of the molecule is Cc1cccc(OCC(=O)Nc2cc(C(F)(F)F)ccc2N2CCCC2)c1C. The van der Waals surface area contributed by atoms with Gasteiger partial charge in [-0.25, -0.2) is 0 Å². The Morgan fingerprint density at radius 1 is 1.14 bits per heavy atom. The van der Waals surface area contributed by atoms with Gasteiger partial charge in [0.15, 0.2) is 6.61 Å². The van der Waals surface area contributed by atoms with Gasteiger partial charge in [0, 0.05) is 13.1 Å². The number of aryl methyl sites for hydroxylation is 1. The molecule has 1 N–H and O–H groups in total. The summed E-state index contributed by atoms with van der Waals surface area (Å²) in [6, 6.07) is 8.99. The lowest BCUT2D eigenvalue weighted by Gasteiger charge is -2.23. The molecule has 0 aliphatic carbocycles. The number of nitrogens with one attached hydrogen (secondary N) is 1. The third-order valence-electron chi connectivity index (χ3n) is 4.96. The monoisotopic (exact) mass is 392 g/mol. The van der Waals surface area contributed by atoms with Crippen LogP contribution in [0.1, 0.15) is 29.5 Å². The standard InChI is InChI=1S/C21H23F3N2O2/c1-14-6-5-7-19(15(14)2)28-13-20(27)25-17-12-16(21(22,23)24)8-9-18(17)26-10-3-4-11-26/h5-9,12H,3-4,10-11,13H2,1-2H3,(H,25,27). The molecule has 0 aromatic heterocycles. The highest BCUT2D eigenvalue weighted by atomic mass is 19.4. The van der Waals surface area contributed by atoms with E-state index in [1.165, 1.54) is 6.07 Å². The molecule has 1 aliphatic heterocycles. The van der Waals surface area contributed by atoms with E-state index in [1.54, 1.807) is 6.07 Å². The number of amides is 1. The third-order valence-corrected chi connectivity index (χ3v) is 4.96. The average Bonchev–Trinajstić information content (AvgIpc) is 3.16. The lowest BCUT2D eigenvalue weighted by Crippen LogP contribution is -2.24. The molecule has 1 aliphatic rings. The summed E-state index contributed by atoms with van der Waals surface area (Å²) in [5.41, 5.74) is 1.93. The minimum atomic E-state index is -4.47. The van der Waals surface area contributed by atoms with Gasteiger partial charge in [-0.2, -0.15) is 13.2 Å². The average molecular weight is 392 g/mol. The number of rotatable bonds is 5. The molecule has 1 fully saturated rings. The summed E-state index contributed by atoms with van der Waals surface area (Å²) in [5.74, 6) is 0.0830. The van der Waals surface area contributed by atoms with Crippen LogP contribution in [0.5, 0.6) is 5.75 Å². The molecule has 28 heavy (non-hydrogen) atoms. The Bertz CT molecular complexity index is 859. The van der Waals surface area contributed by atoms with Gasteiger partial charge in [-0.15, -0.1) is 0 Å². The van der Waals surface area contributed by atoms with Crippen LogP contribution in [-0.4, -0.2) is 25.6 Å². The summed E-state index contributed by atoms with van der Waals surface area (Å²) >= 11 is 0. The van der Waals surface area contributed by atoms with E-state index in [2.05, 4.69) is 5.32 Å². The van der Waals surface area contributed by atoms with Gasteiger partial charge in [0.2, 0.25) is 0 Å². The van der Waals surface area contributed by atoms with Gasteiger partial charge >= 0.3 is 6.18 Å². The van der Waals surface area contributed by atoms with E-state index in [0.29, 0.717) is 11.4 Å². The molecule has 1 amide bonds. The number of nitrogens with zero attached hydrogens (tertiary/aromatic N) is 1. The van der Waals surface area contributed by atoms with Crippen LogP contribution < -0.4 is 15.0 Å². The molecule has 0 spiro atoms. The minimum absolute atomic E-state index is 0.159. The van der Waals surface area contributed by atoms with Crippen molar-refractivity contribution >= 4 is 17.3 Å². The highest BCUT2D eigenvalue weighted by molar-refractivity contribution is 5.95. The quantitative estimate of drug-likeness (QED) is 0.784. The van der Waals surface area contributed by atoms with Crippen LogP contribution in [0, 0.1) is 13.8 Å².